The summed E-state index contributed by atoms with van der Waals surface area (Å²) in [6.45, 7) is 9.66. The van der Waals surface area contributed by atoms with E-state index in [1.165, 1.54) is 0 Å². The van der Waals surface area contributed by atoms with Gasteiger partial charge in [-0.25, -0.2) is 0 Å². The lowest BCUT2D eigenvalue weighted by molar-refractivity contribution is 0.139. The number of oxime groups is 1. The molecule has 1 rings (SSSR count). The van der Waals surface area contributed by atoms with Gasteiger partial charge in [-0.3, -0.25) is 0 Å². The first kappa shape index (κ1) is 25.1. The fourth-order valence-electron chi connectivity index (χ4n) is 2.60. The van der Waals surface area contributed by atoms with E-state index in [1.807, 2.05) is 26.8 Å². The van der Waals surface area contributed by atoms with Crippen molar-refractivity contribution in [2.24, 2.45) is 5.16 Å². The van der Waals surface area contributed by atoms with Crippen LogP contribution in [-0.4, -0.2) is 25.5 Å². The van der Waals surface area contributed by atoms with Gasteiger partial charge >= 0.3 is 0 Å². The largest absolute Gasteiger partial charge is 0.493 e. The van der Waals surface area contributed by atoms with Gasteiger partial charge in [-0.1, -0.05) is 35.3 Å². The van der Waals surface area contributed by atoms with E-state index in [2.05, 4.69) is 28.0 Å². The maximum absolute atomic E-state index is 6.10. The Labute approximate surface area is 187 Å². The zero-order chi connectivity index (χ0) is 20.9. The van der Waals surface area contributed by atoms with Crippen LogP contribution in [0.25, 0.3) is 0 Å². The Kier molecular flexibility index (Phi) is 12.7. The summed E-state index contributed by atoms with van der Waals surface area (Å²) in [5.41, 5.74) is 3.10. The van der Waals surface area contributed by atoms with Crippen LogP contribution >= 0.6 is 39.1 Å². The van der Waals surface area contributed by atoms with Crippen molar-refractivity contribution >= 4 is 44.8 Å². The highest BCUT2D eigenvalue weighted by Crippen LogP contribution is 2.38. The fraction of sp³-hybridized carbons (Fsp3) is 0.571. The van der Waals surface area contributed by atoms with Gasteiger partial charge in [0, 0.05) is 5.56 Å². The molecule has 0 aliphatic carbocycles. The van der Waals surface area contributed by atoms with Gasteiger partial charge in [0.2, 0.25) is 0 Å². The average molecular weight is 495 g/mol. The van der Waals surface area contributed by atoms with Crippen LogP contribution in [0.2, 0.25) is 0 Å². The molecule has 7 heteroatoms. The molecule has 0 saturated carbocycles. The molecule has 0 saturated heterocycles. The lowest BCUT2D eigenvalue weighted by Crippen LogP contribution is -2.05. The van der Waals surface area contributed by atoms with E-state index < -0.39 is 0 Å². The molecule has 0 spiro atoms. The fourth-order valence-corrected chi connectivity index (χ4v) is 3.41. The SMILES string of the molecule is CCc1c(Br)c(OCC=C(Cl)Cl)cc(C)c1OCCCCCCON=C(C)C. The van der Waals surface area contributed by atoms with Crippen molar-refractivity contribution < 1.29 is 14.3 Å². The summed E-state index contributed by atoms with van der Waals surface area (Å²) in [6.07, 6.45) is 6.68. The van der Waals surface area contributed by atoms with Gasteiger partial charge in [-0.05, 0) is 86.5 Å². The van der Waals surface area contributed by atoms with E-state index >= 15 is 0 Å². The molecular weight excluding hydrogens is 465 g/mol. The molecule has 28 heavy (non-hydrogen) atoms. The standard InChI is InChI=1S/C21H30BrCl2NO3/c1-5-17-20(22)18(26-13-10-19(23)24)14-16(4)21(17)27-11-8-6-7-9-12-28-25-15(2)3/h10,14H,5-9,11-13H2,1-4H3. The molecule has 0 amide bonds. The summed E-state index contributed by atoms with van der Waals surface area (Å²) in [5.74, 6) is 1.70. The van der Waals surface area contributed by atoms with Crippen LogP contribution in [0.4, 0.5) is 0 Å². The second kappa shape index (κ2) is 14.1. The first-order valence-corrected chi connectivity index (χ1v) is 11.1. The van der Waals surface area contributed by atoms with Gasteiger partial charge in [-0.2, -0.15) is 0 Å². The van der Waals surface area contributed by atoms with E-state index in [9.17, 15) is 0 Å². The Morgan fingerprint density at radius 1 is 1.11 bits per heavy atom. The molecule has 0 N–H and O–H groups in total. The summed E-state index contributed by atoms with van der Waals surface area (Å²) in [5, 5.41) is 3.93. The highest BCUT2D eigenvalue weighted by molar-refractivity contribution is 9.10. The number of nitrogens with zero attached hydrogens (tertiary/aromatic N) is 1. The van der Waals surface area contributed by atoms with Gasteiger partial charge in [0.15, 0.2) is 0 Å². The summed E-state index contributed by atoms with van der Waals surface area (Å²) in [4.78, 5) is 5.20. The number of unbranched alkanes of at least 4 members (excludes halogenated alkanes) is 3. The zero-order valence-electron chi connectivity index (χ0n) is 17.1. The summed E-state index contributed by atoms with van der Waals surface area (Å²) < 4.78 is 13.0. The highest BCUT2D eigenvalue weighted by atomic mass is 79.9. The maximum Gasteiger partial charge on any atom is 0.134 e. The molecular formula is C21H30BrCl2NO3. The van der Waals surface area contributed by atoms with Crippen molar-refractivity contribution in [1.29, 1.82) is 0 Å². The van der Waals surface area contributed by atoms with E-state index in [-0.39, 0.29) is 4.49 Å². The number of ether oxygens (including phenoxy) is 2. The van der Waals surface area contributed by atoms with Crippen molar-refractivity contribution in [3.63, 3.8) is 0 Å². The van der Waals surface area contributed by atoms with Gasteiger partial charge in [0.1, 0.15) is 29.2 Å². The van der Waals surface area contributed by atoms with Crippen molar-refractivity contribution in [1.82, 2.24) is 0 Å². The number of rotatable bonds is 13. The predicted octanol–water partition coefficient (Wildman–Crippen LogP) is 7.37. The molecule has 0 heterocycles. The monoisotopic (exact) mass is 493 g/mol. The Morgan fingerprint density at radius 2 is 1.79 bits per heavy atom. The molecule has 158 valence electrons. The third-order valence-electron chi connectivity index (χ3n) is 3.91. The predicted molar refractivity (Wildman–Crippen MR) is 122 cm³/mol. The van der Waals surface area contributed by atoms with Crippen LogP contribution in [-0.2, 0) is 11.3 Å². The molecule has 0 atom stereocenters. The van der Waals surface area contributed by atoms with Crippen LogP contribution < -0.4 is 9.47 Å². The number of hydrogen-bond donors (Lipinski definition) is 0. The molecule has 0 aliphatic heterocycles. The van der Waals surface area contributed by atoms with E-state index in [1.54, 1.807) is 6.08 Å². The lowest BCUT2D eigenvalue weighted by Gasteiger charge is -2.18. The van der Waals surface area contributed by atoms with Gasteiger partial charge in [-0.15, -0.1) is 0 Å². The minimum absolute atomic E-state index is 0.197. The Bertz CT molecular complexity index is 670. The molecule has 1 aromatic rings. The third-order valence-corrected chi connectivity index (χ3v) is 5.09. The number of halogens is 3. The molecule has 0 fully saturated rings. The Hall–Kier alpha value is -0.910. The van der Waals surface area contributed by atoms with E-state index in [0.717, 1.165) is 64.9 Å². The minimum atomic E-state index is 0.197. The van der Waals surface area contributed by atoms with E-state index in [0.29, 0.717) is 19.8 Å². The summed E-state index contributed by atoms with van der Waals surface area (Å²) in [6, 6.07) is 1.97. The zero-order valence-corrected chi connectivity index (χ0v) is 20.2. The molecule has 4 nitrogen and oxygen atoms in total. The molecule has 0 radical (unpaired) electrons. The number of hydrogen-bond acceptors (Lipinski definition) is 4. The third kappa shape index (κ3) is 9.53. The van der Waals surface area contributed by atoms with Crippen LogP contribution in [0.1, 0.15) is 57.6 Å². The molecule has 0 unspecified atom stereocenters. The smallest absolute Gasteiger partial charge is 0.134 e. The van der Waals surface area contributed by atoms with Crippen LogP contribution in [0.5, 0.6) is 11.5 Å². The number of benzene rings is 1. The quantitative estimate of drug-likeness (QED) is 0.163. The second-order valence-corrected chi connectivity index (χ2v) is 8.41. The van der Waals surface area contributed by atoms with Gasteiger partial charge in [0.05, 0.1) is 16.8 Å². The van der Waals surface area contributed by atoms with Crippen LogP contribution in [0.3, 0.4) is 0 Å². The molecule has 0 aliphatic rings. The highest BCUT2D eigenvalue weighted by Gasteiger charge is 2.15. The van der Waals surface area contributed by atoms with E-state index in [4.69, 9.17) is 37.5 Å². The van der Waals surface area contributed by atoms with Crippen molar-refractivity contribution in [2.75, 3.05) is 19.8 Å². The molecule has 0 bridgehead atoms. The Morgan fingerprint density at radius 3 is 2.39 bits per heavy atom. The number of aryl methyl sites for hydroxylation is 1. The lowest BCUT2D eigenvalue weighted by atomic mass is 10.1. The van der Waals surface area contributed by atoms with Gasteiger partial charge < -0.3 is 14.3 Å². The summed E-state index contributed by atoms with van der Waals surface area (Å²) >= 11 is 14.9. The Balaban J connectivity index is 2.51. The van der Waals surface area contributed by atoms with Crippen molar-refractivity contribution in [2.45, 2.75) is 59.8 Å². The topological polar surface area (TPSA) is 40.0 Å². The normalized spacial score (nSPS) is 10.4. The second-order valence-electron chi connectivity index (χ2n) is 6.61. The minimum Gasteiger partial charge on any atom is -0.493 e. The molecule has 0 aromatic heterocycles. The van der Waals surface area contributed by atoms with Crippen LogP contribution in [0, 0.1) is 6.92 Å². The first-order valence-electron chi connectivity index (χ1n) is 9.58. The van der Waals surface area contributed by atoms with Gasteiger partial charge in [0.25, 0.3) is 0 Å². The first-order chi connectivity index (χ1) is 13.4. The maximum atomic E-state index is 6.10. The summed E-state index contributed by atoms with van der Waals surface area (Å²) in [7, 11) is 0. The van der Waals surface area contributed by atoms with Crippen LogP contribution in [0.15, 0.2) is 26.3 Å². The molecule has 1 aromatic carbocycles. The average Bonchev–Trinajstić information content (AvgIpc) is 2.63. The van der Waals surface area contributed by atoms with Crippen molar-refractivity contribution in [3.8, 4) is 11.5 Å². The van der Waals surface area contributed by atoms with Crippen molar-refractivity contribution in [3.05, 3.63) is 32.2 Å².